The number of nitrogen functional groups attached to an aromatic ring is 1. The first-order valence-electron chi connectivity index (χ1n) is 6.54. The van der Waals surface area contributed by atoms with Gasteiger partial charge in [0.15, 0.2) is 0 Å². The molecule has 0 saturated carbocycles. The van der Waals surface area contributed by atoms with E-state index in [1.807, 2.05) is 12.1 Å². The van der Waals surface area contributed by atoms with E-state index in [0.717, 1.165) is 18.8 Å². The molecular formula is C16H19N3. The average molecular weight is 253 g/mol. The molecule has 1 aliphatic heterocycles. The third kappa shape index (κ3) is 2.01. The van der Waals surface area contributed by atoms with Gasteiger partial charge in [-0.3, -0.25) is 0 Å². The van der Waals surface area contributed by atoms with Crippen molar-refractivity contribution >= 4 is 17.1 Å². The van der Waals surface area contributed by atoms with Crippen LogP contribution in [0.2, 0.25) is 0 Å². The Labute approximate surface area is 114 Å². The van der Waals surface area contributed by atoms with E-state index in [1.54, 1.807) is 0 Å². The number of nitrogens with two attached hydrogens (primary N) is 1. The van der Waals surface area contributed by atoms with Gasteiger partial charge in [-0.15, -0.1) is 0 Å². The van der Waals surface area contributed by atoms with E-state index in [1.165, 1.54) is 22.5 Å². The van der Waals surface area contributed by atoms with Crippen molar-refractivity contribution in [1.82, 2.24) is 0 Å². The Morgan fingerprint density at radius 2 is 1.79 bits per heavy atom. The molecule has 0 unspecified atom stereocenters. The zero-order chi connectivity index (χ0) is 13.4. The second kappa shape index (κ2) is 4.50. The van der Waals surface area contributed by atoms with Crippen molar-refractivity contribution < 1.29 is 0 Å². The van der Waals surface area contributed by atoms with Crippen molar-refractivity contribution in [1.29, 1.82) is 0 Å². The molecule has 0 atom stereocenters. The normalized spacial score (nSPS) is 13.5. The first kappa shape index (κ1) is 11.9. The number of fused-ring (bicyclic) bond motifs is 1. The minimum atomic E-state index is 0.896. The number of anilines is 3. The van der Waals surface area contributed by atoms with Crippen LogP contribution >= 0.6 is 0 Å². The highest BCUT2D eigenvalue weighted by atomic mass is 15.2. The number of para-hydroxylation sites is 2. The summed E-state index contributed by atoms with van der Waals surface area (Å²) >= 11 is 0. The zero-order valence-electron chi connectivity index (χ0n) is 11.4. The van der Waals surface area contributed by atoms with Gasteiger partial charge >= 0.3 is 0 Å². The van der Waals surface area contributed by atoms with Crippen LogP contribution in [0.3, 0.4) is 0 Å². The molecule has 0 spiro atoms. The van der Waals surface area contributed by atoms with Crippen LogP contribution in [0.5, 0.6) is 0 Å². The fourth-order valence-electron chi connectivity index (χ4n) is 2.73. The lowest BCUT2D eigenvalue weighted by atomic mass is 10.1. The van der Waals surface area contributed by atoms with Gasteiger partial charge in [-0.05, 0) is 29.3 Å². The minimum Gasteiger partial charge on any atom is -0.398 e. The summed E-state index contributed by atoms with van der Waals surface area (Å²) in [7, 11) is 4.16. The summed E-state index contributed by atoms with van der Waals surface area (Å²) in [5.41, 5.74) is 12.1. The van der Waals surface area contributed by atoms with Gasteiger partial charge in [0.05, 0.1) is 11.4 Å². The summed E-state index contributed by atoms with van der Waals surface area (Å²) in [6.45, 7) is 1.83. The van der Waals surface area contributed by atoms with Crippen LogP contribution in [0.25, 0.3) is 0 Å². The van der Waals surface area contributed by atoms with E-state index in [4.69, 9.17) is 5.73 Å². The van der Waals surface area contributed by atoms with Crippen molar-refractivity contribution in [2.75, 3.05) is 29.6 Å². The molecule has 19 heavy (non-hydrogen) atoms. The Hall–Kier alpha value is -2.16. The van der Waals surface area contributed by atoms with E-state index in [0.29, 0.717) is 0 Å². The number of benzene rings is 2. The smallest absolute Gasteiger partial charge is 0.0609 e. The van der Waals surface area contributed by atoms with Crippen molar-refractivity contribution in [3.05, 3.63) is 53.6 Å². The van der Waals surface area contributed by atoms with Crippen LogP contribution in [0.4, 0.5) is 17.1 Å². The predicted octanol–water partition coefficient (Wildman–Crippen LogP) is 2.86. The second-order valence-electron chi connectivity index (χ2n) is 5.22. The number of nitrogens with zero attached hydrogens (tertiary/aromatic N) is 2. The van der Waals surface area contributed by atoms with Gasteiger partial charge in [-0.25, -0.2) is 0 Å². The van der Waals surface area contributed by atoms with Gasteiger partial charge < -0.3 is 15.5 Å². The van der Waals surface area contributed by atoms with Crippen LogP contribution in [0.15, 0.2) is 42.5 Å². The first-order chi connectivity index (χ1) is 9.16. The Bertz CT molecular complexity index is 605. The highest BCUT2D eigenvalue weighted by Gasteiger charge is 2.22. The van der Waals surface area contributed by atoms with E-state index in [9.17, 15) is 0 Å². The maximum absolute atomic E-state index is 6.07. The molecule has 0 fully saturated rings. The van der Waals surface area contributed by atoms with E-state index in [2.05, 4.69) is 54.2 Å². The van der Waals surface area contributed by atoms with Crippen molar-refractivity contribution in [2.24, 2.45) is 0 Å². The molecular weight excluding hydrogens is 234 g/mol. The molecule has 98 valence electrons. The average Bonchev–Trinajstić information content (AvgIpc) is 2.84. The Kier molecular flexibility index (Phi) is 2.82. The second-order valence-corrected chi connectivity index (χ2v) is 5.22. The largest absolute Gasteiger partial charge is 0.398 e. The lowest BCUT2D eigenvalue weighted by molar-refractivity contribution is 0.876. The number of hydrogen-bond donors (Lipinski definition) is 1. The van der Waals surface area contributed by atoms with Gasteiger partial charge in [0.2, 0.25) is 0 Å². The third-order valence-corrected chi connectivity index (χ3v) is 3.72. The quantitative estimate of drug-likeness (QED) is 0.835. The van der Waals surface area contributed by atoms with Crippen molar-refractivity contribution in [3.63, 3.8) is 0 Å². The SMILES string of the molecule is CN(C)c1ccccc1N1Cc2cccc(N)c2C1. The number of rotatable bonds is 2. The monoisotopic (exact) mass is 253 g/mol. The summed E-state index contributed by atoms with van der Waals surface area (Å²) in [5, 5.41) is 0. The Morgan fingerprint density at radius 1 is 1.00 bits per heavy atom. The fourth-order valence-corrected chi connectivity index (χ4v) is 2.73. The summed E-state index contributed by atoms with van der Waals surface area (Å²) < 4.78 is 0. The Balaban J connectivity index is 1.97. The minimum absolute atomic E-state index is 0.896. The van der Waals surface area contributed by atoms with E-state index >= 15 is 0 Å². The highest BCUT2D eigenvalue weighted by molar-refractivity contribution is 5.72. The summed E-state index contributed by atoms with van der Waals surface area (Å²) in [4.78, 5) is 4.54. The molecule has 0 aliphatic carbocycles. The zero-order valence-corrected chi connectivity index (χ0v) is 11.4. The lowest BCUT2D eigenvalue weighted by Crippen LogP contribution is -2.19. The standard InChI is InChI=1S/C16H19N3/c1-18(2)15-8-3-4-9-16(15)19-10-12-6-5-7-14(17)13(12)11-19/h3-9H,10-11,17H2,1-2H3. The molecule has 3 nitrogen and oxygen atoms in total. The molecule has 2 N–H and O–H groups in total. The summed E-state index contributed by atoms with van der Waals surface area (Å²) in [6, 6.07) is 14.7. The lowest BCUT2D eigenvalue weighted by Gasteiger charge is -2.25. The van der Waals surface area contributed by atoms with E-state index < -0.39 is 0 Å². The molecule has 2 aromatic carbocycles. The molecule has 0 bridgehead atoms. The van der Waals surface area contributed by atoms with Gasteiger partial charge in [-0.2, -0.15) is 0 Å². The molecule has 1 heterocycles. The van der Waals surface area contributed by atoms with Crippen LogP contribution in [0, 0.1) is 0 Å². The molecule has 3 heteroatoms. The van der Waals surface area contributed by atoms with Gasteiger partial charge in [0.25, 0.3) is 0 Å². The molecule has 3 rings (SSSR count). The summed E-state index contributed by atoms with van der Waals surface area (Å²) in [5.74, 6) is 0. The maximum Gasteiger partial charge on any atom is 0.0609 e. The van der Waals surface area contributed by atoms with Crippen LogP contribution in [0.1, 0.15) is 11.1 Å². The van der Waals surface area contributed by atoms with Crippen LogP contribution in [-0.4, -0.2) is 14.1 Å². The molecule has 0 radical (unpaired) electrons. The van der Waals surface area contributed by atoms with E-state index in [-0.39, 0.29) is 0 Å². The topological polar surface area (TPSA) is 32.5 Å². The Morgan fingerprint density at radius 3 is 2.53 bits per heavy atom. The van der Waals surface area contributed by atoms with Crippen LogP contribution < -0.4 is 15.5 Å². The summed E-state index contributed by atoms with van der Waals surface area (Å²) in [6.07, 6.45) is 0. The fraction of sp³-hybridized carbons (Fsp3) is 0.250. The number of hydrogen-bond acceptors (Lipinski definition) is 3. The molecule has 0 amide bonds. The van der Waals surface area contributed by atoms with Crippen molar-refractivity contribution in [3.8, 4) is 0 Å². The molecule has 1 aliphatic rings. The van der Waals surface area contributed by atoms with Crippen LogP contribution in [-0.2, 0) is 13.1 Å². The molecule has 0 aromatic heterocycles. The molecule has 0 saturated heterocycles. The highest BCUT2D eigenvalue weighted by Crippen LogP contribution is 2.36. The molecule has 2 aromatic rings. The maximum atomic E-state index is 6.07. The predicted molar refractivity (Wildman–Crippen MR) is 81.5 cm³/mol. The third-order valence-electron chi connectivity index (χ3n) is 3.72. The van der Waals surface area contributed by atoms with Crippen molar-refractivity contribution in [2.45, 2.75) is 13.1 Å². The van der Waals surface area contributed by atoms with Gasteiger partial charge in [-0.1, -0.05) is 24.3 Å². The van der Waals surface area contributed by atoms with Gasteiger partial charge in [0.1, 0.15) is 0 Å². The van der Waals surface area contributed by atoms with Gasteiger partial charge in [0, 0.05) is 32.9 Å². The first-order valence-corrected chi connectivity index (χ1v) is 6.54.